The summed E-state index contributed by atoms with van der Waals surface area (Å²) in [4.78, 5) is 0. The van der Waals surface area contributed by atoms with Crippen LogP contribution >= 0.6 is 0 Å². The summed E-state index contributed by atoms with van der Waals surface area (Å²) in [5.41, 5.74) is 0. The van der Waals surface area contributed by atoms with E-state index in [1.807, 2.05) is 12.1 Å². The number of hydrogen-bond acceptors (Lipinski definition) is 2. The van der Waals surface area contributed by atoms with Crippen LogP contribution in [0.1, 0.15) is 0 Å². The molecule has 0 unspecified atom stereocenters. The fourth-order valence-electron chi connectivity index (χ4n) is 0.788. The van der Waals surface area contributed by atoms with Gasteiger partial charge in [-0.25, -0.2) is 0 Å². The zero-order valence-corrected chi connectivity index (χ0v) is 10.6. The molecule has 0 saturated carbocycles. The largest absolute Gasteiger partial charge is 1.00 e. The first kappa shape index (κ1) is 25.7. The zero-order chi connectivity index (χ0) is 12.8. The van der Waals surface area contributed by atoms with Crippen molar-refractivity contribution in [3.8, 4) is 11.5 Å². The summed E-state index contributed by atoms with van der Waals surface area (Å²) in [5.74, 6) is 1.36. The quantitative estimate of drug-likeness (QED) is 0.332. The summed E-state index contributed by atoms with van der Waals surface area (Å²) in [6.45, 7) is 13.5. The molecule has 1 aromatic rings. The van der Waals surface area contributed by atoms with E-state index in [1.165, 1.54) is 12.5 Å². The number of rotatable bonds is 0. The minimum Gasteiger partial charge on any atom is -0.516 e. The summed E-state index contributed by atoms with van der Waals surface area (Å²) >= 11 is 0. The summed E-state index contributed by atoms with van der Waals surface area (Å²) in [7, 11) is 0. The molecule has 0 atom stereocenters. The number of fused-ring (bicyclic) bond motifs is 1. The van der Waals surface area contributed by atoms with Gasteiger partial charge in [0.05, 0.1) is 11.5 Å². The normalized spacial score (nSPS) is 7.67. The standard InChI is InChI=1S/C8H5O2.3CO.Cr.Li/c1-2-4-8-7(3-1)9-5-6-10-8;3*1-2;;/h1-3,5-6H;;;;;/q-1;;;;;+1. The van der Waals surface area contributed by atoms with Crippen molar-refractivity contribution in [2.75, 3.05) is 0 Å². The van der Waals surface area contributed by atoms with Crippen molar-refractivity contribution in [1.82, 2.24) is 0 Å². The van der Waals surface area contributed by atoms with E-state index in [1.54, 1.807) is 6.07 Å². The van der Waals surface area contributed by atoms with Crippen LogP contribution in [0.15, 0.2) is 30.7 Å². The molecule has 1 aromatic carbocycles. The third-order valence-corrected chi connectivity index (χ3v) is 1.22. The Bertz CT molecular complexity index is 345. The van der Waals surface area contributed by atoms with E-state index in [2.05, 4.69) is 26.0 Å². The Morgan fingerprint density at radius 1 is 0.944 bits per heavy atom. The molecular weight excluding hydrogens is 271 g/mol. The van der Waals surface area contributed by atoms with Gasteiger partial charge in [0.2, 0.25) is 0 Å². The summed E-state index contributed by atoms with van der Waals surface area (Å²) in [6, 6.07) is 8.35. The second kappa shape index (κ2) is 21.2. The monoisotopic (exact) mass is 276 g/mol. The summed E-state index contributed by atoms with van der Waals surface area (Å²) < 4.78 is 32.6. The average Bonchev–Trinajstić information content (AvgIpc) is 2.45. The van der Waals surface area contributed by atoms with Gasteiger partial charge in [-0.3, -0.25) is 0 Å². The predicted molar refractivity (Wildman–Crippen MR) is 47.5 cm³/mol. The molecule has 0 amide bonds. The minimum absolute atomic E-state index is 0. The molecule has 0 aliphatic carbocycles. The van der Waals surface area contributed by atoms with E-state index in [9.17, 15) is 0 Å². The number of benzene rings is 1. The number of hydrogen-bond donors (Lipinski definition) is 0. The third kappa shape index (κ3) is 10.1. The Morgan fingerprint density at radius 2 is 1.44 bits per heavy atom. The Kier molecular flexibility index (Phi) is 30.3. The molecular formula is C11H5CrLiO5. The molecule has 0 radical (unpaired) electrons. The van der Waals surface area contributed by atoms with Gasteiger partial charge in [-0.15, -0.1) is 12.1 Å². The van der Waals surface area contributed by atoms with Crippen LogP contribution in [0, 0.1) is 26.0 Å². The number of para-hydroxylation sites is 1. The smallest absolute Gasteiger partial charge is 0.516 e. The minimum atomic E-state index is 0. The van der Waals surface area contributed by atoms with Crippen molar-refractivity contribution in [2.45, 2.75) is 0 Å². The van der Waals surface area contributed by atoms with Gasteiger partial charge >= 0.3 is 52.8 Å². The maximum Gasteiger partial charge on any atom is 1.00 e. The maximum atomic E-state index is 7.50. The van der Waals surface area contributed by atoms with Crippen LogP contribution in [0.3, 0.4) is 0 Å². The van der Waals surface area contributed by atoms with Crippen molar-refractivity contribution in [1.29, 1.82) is 0 Å². The molecule has 0 N–H and O–H groups in total. The molecule has 2 rings (SSSR count). The Morgan fingerprint density at radius 3 is 1.94 bits per heavy atom. The Hall–Kier alpha value is -1.09. The molecule has 1 aliphatic rings. The molecule has 0 aromatic heterocycles. The van der Waals surface area contributed by atoms with Crippen LogP contribution in [0.4, 0.5) is 0 Å². The van der Waals surface area contributed by atoms with Crippen molar-refractivity contribution >= 4 is 0 Å². The first-order valence-electron chi connectivity index (χ1n) is 3.57. The molecule has 5 nitrogen and oxygen atoms in total. The summed E-state index contributed by atoms with van der Waals surface area (Å²) in [5, 5.41) is 0. The second-order valence-electron chi connectivity index (χ2n) is 1.87. The van der Waals surface area contributed by atoms with Crippen molar-refractivity contribution in [3.05, 3.63) is 56.7 Å². The molecule has 0 bridgehead atoms. The van der Waals surface area contributed by atoms with Gasteiger partial charge in [-0.1, -0.05) is 0 Å². The van der Waals surface area contributed by atoms with Crippen molar-refractivity contribution in [2.24, 2.45) is 0 Å². The fourth-order valence-corrected chi connectivity index (χ4v) is 0.788. The third-order valence-electron chi connectivity index (χ3n) is 1.22. The molecule has 1 aliphatic heterocycles. The van der Waals surface area contributed by atoms with Crippen LogP contribution in [-0.4, -0.2) is 0 Å². The first-order valence-corrected chi connectivity index (χ1v) is 3.57. The van der Waals surface area contributed by atoms with E-state index >= 15 is 0 Å². The van der Waals surface area contributed by atoms with E-state index in [0.717, 1.165) is 0 Å². The van der Waals surface area contributed by atoms with E-state index in [4.69, 9.17) is 23.4 Å². The molecule has 0 spiro atoms. The van der Waals surface area contributed by atoms with E-state index < -0.39 is 0 Å². The Balaban J connectivity index is -0.000000109. The van der Waals surface area contributed by atoms with Crippen molar-refractivity contribution in [3.63, 3.8) is 0 Å². The second-order valence-corrected chi connectivity index (χ2v) is 1.87. The van der Waals surface area contributed by atoms with E-state index in [-0.39, 0.29) is 36.2 Å². The van der Waals surface area contributed by atoms with Crippen LogP contribution < -0.4 is 28.3 Å². The van der Waals surface area contributed by atoms with Crippen LogP contribution in [0.2, 0.25) is 0 Å². The van der Waals surface area contributed by atoms with Crippen LogP contribution in [0.25, 0.3) is 0 Å². The maximum absolute atomic E-state index is 7.50. The SMILES string of the molecule is [C-]#[O+].[C-]#[O+].[C-]#[O+].[Cr].[Li+].[c-]1cccc2c1OC=CO2. The average molecular weight is 276 g/mol. The van der Waals surface area contributed by atoms with Gasteiger partial charge in [0, 0.05) is 17.4 Å². The molecule has 0 fully saturated rings. The van der Waals surface area contributed by atoms with E-state index in [0.29, 0.717) is 11.5 Å². The van der Waals surface area contributed by atoms with Crippen molar-refractivity contribution < 1.29 is 59.7 Å². The molecule has 0 saturated heterocycles. The molecule has 7 heteroatoms. The molecule has 18 heavy (non-hydrogen) atoms. The van der Waals surface area contributed by atoms with Crippen LogP contribution in [-0.2, 0) is 31.3 Å². The van der Waals surface area contributed by atoms with Gasteiger partial charge in [-0.05, 0) is 0 Å². The Labute approximate surface area is 128 Å². The zero-order valence-electron chi connectivity index (χ0n) is 9.34. The molecule has 86 valence electrons. The van der Waals surface area contributed by atoms with Gasteiger partial charge < -0.3 is 9.47 Å². The van der Waals surface area contributed by atoms with Gasteiger partial charge in [0.25, 0.3) is 0 Å². The van der Waals surface area contributed by atoms with Gasteiger partial charge in [0.15, 0.2) is 0 Å². The predicted octanol–water partition coefficient (Wildman–Crippen LogP) is -1.38. The molecule has 1 heterocycles. The first-order chi connectivity index (χ1) is 7.97. The van der Waals surface area contributed by atoms with Gasteiger partial charge in [0.1, 0.15) is 12.5 Å². The number of ether oxygens (including phenoxy) is 2. The fraction of sp³-hybridized carbons (Fsp3) is 0. The van der Waals surface area contributed by atoms with Crippen LogP contribution in [0.5, 0.6) is 11.5 Å². The summed E-state index contributed by atoms with van der Waals surface area (Å²) in [6.07, 6.45) is 2.98. The topological polar surface area (TPSA) is 78.2 Å². The van der Waals surface area contributed by atoms with Gasteiger partial charge in [-0.2, -0.15) is 12.1 Å².